The molecule has 2 N–H and O–H groups in total. The average molecular weight is 272 g/mol. The number of amides is 1. The molecule has 1 amide bonds. The summed E-state index contributed by atoms with van der Waals surface area (Å²) in [6.45, 7) is 7.73. The van der Waals surface area contributed by atoms with E-state index in [-0.39, 0.29) is 12.0 Å². The fraction of sp³-hybridized carbons (Fsp3) is 0.312. The van der Waals surface area contributed by atoms with E-state index >= 15 is 0 Å². The fourth-order valence-corrected chi connectivity index (χ4v) is 2.08. The number of nitrogens with one attached hydrogen (secondary N) is 2. The fourth-order valence-electron chi connectivity index (χ4n) is 2.08. The maximum absolute atomic E-state index is 12.3. The van der Waals surface area contributed by atoms with Crippen molar-refractivity contribution in [2.75, 3.05) is 5.32 Å². The number of para-hydroxylation sites is 2. The molecule has 0 aliphatic carbocycles. The normalized spacial score (nSPS) is 10.7. The summed E-state index contributed by atoms with van der Waals surface area (Å²) in [4.78, 5) is 15.4. The number of aromatic amines is 1. The Morgan fingerprint density at radius 2 is 1.95 bits per heavy atom. The first-order valence-corrected chi connectivity index (χ1v) is 6.70. The number of carbonyl (C=O) groups excluding carboxylic acids is 1. The van der Waals surface area contributed by atoms with Crippen LogP contribution in [0, 0.1) is 13.8 Å². The quantitative estimate of drug-likeness (QED) is 0.892. The molecule has 0 atom stereocenters. The van der Waals surface area contributed by atoms with Crippen LogP contribution < -0.4 is 10.1 Å². The lowest BCUT2D eigenvalue weighted by Gasteiger charge is -2.14. The van der Waals surface area contributed by atoms with Gasteiger partial charge >= 0.3 is 0 Å². The van der Waals surface area contributed by atoms with Crippen LogP contribution in [-0.2, 0) is 0 Å². The van der Waals surface area contributed by atoms with E-state index in [0.29, 0.717) is 17.0 Å². The van der Waals surface area contributed by atoms with Crippen molar-refractivity contribution in [1.82, 2.24) is 4.98 Å². The third kappa shape index (κ3) is 3.20. The molecular formula is C16H20N2O2. The van der Waals surface area contributed by atoms with Crippen molar-refractivity contribution in [2.45, 2.75) is 33.8 Å². The Kier molecular flexibility index (Phi) is 4.13. The van der Waals surface area contributed by atoms with Crippen LogP contribution >= 0.6 is 0 Å². The van der Waals surface area contributed by atoms with Crippen LogP contribution in [0.1, 0.15) is 35.6 Å². The van der Waals surface area contributed by atoms with Crippen LogP contribution in [0.5, 0.6) is 5.75 Å². The van der Waals surface area contributed by atoms with Gasteiger partial charge in [0.15, 0.2) is 0 Å². The minimum Gasteiger partial charge on any atom is -0.489 e. The average Bonchev–Trinajstić information content (AvgIpc) is 2.70. The SMILES string of the molecule is Cc1cc(C(=O)Nc2ccccc2OC(C)C)c(C)[nH]1. The number of ether oxygens (including phenoxy) is 1. The highest BCUT2D eigenvalue weighted by molar-refractivity contribution is 6.05. The number of hydrogen-bond donors (Lipinski definition) is 2. The van der Waals surface area contributed by atoms with Gasteiger partial charge in [-0.1, -0.05) is 12.1 Å². The van der Waals surface area contributed by atoms with E-state index in [1.807, 2.05) is 58.0 Å². The Hall–Kier alpha value is -2.23. The van der Waals surface area contributed by atoms with Gasteiger partial charge in [0.2, 0.25) is 0 Å². The summed E-state index contributed by atoms with van der Waals surface area (Å²) >= 11 is 0. The lowest BCUT2D eigenvalue weighted by Crippen LogP contribution is -2.14. The molecular weight excluding hydrogens is 252 g/mol. The van der Waals surface area contributed by atoms with Crippen LogP contribution in [0.2, 0.25) is 0 Å². The lowest BCUT2D eigenvalue weighted by molar-refractivity contribution is 0.102. The molecule has 0 radical (unpaired) electrons. The third-order valence-electron chi connectivity index (χ3n) is 2.89. The minimum atomic E-state index is -0.133. The number of aromatic nitrogens is 1. The number of anilines is 1. The van der Waals surface area contributed by atoms with E-state index in [2.05, 4.69) is 10.3 Å². The van der Waals surface area contributed by atoms with Gasteiger partial charge in [0, 0.05) is 11.4 Å². The van der Waals surface area contributed by atoms with Crippen LogP contribution in [0.25, 0.3) is 0 Å². The Labute approximate surface area is 119 Å². The Bertz CT molecular complexity index is 615. The highest BCUT2D eigenvalue weighted by atomic mass is 16.5. The number of rotatable bonds is 4. The van der Waals surface area contributed by atoms with Crippen molar-refractivity contribution in [2.24, 2.45) is 0 Å². The highest BCUT2D eigenvalue weighted by Gasteiger charge is 2.14. The zero-order chi connectivity index (χ0) is 14.7. The van der Waals surface area contributed by atoms with E-state index in [1.165, 1.54) is 0 Å². The molecule has 0 aliphatic heterocycles. The maximum Gasteiger partial charge on any atom is 0.257 e. The summed E-state index contributed by atoms with van der Waals surface area (Å²) in [6, 6.07) is 9.29. The molecule has 2 aromatic rings. The van der Waals surface area contributed by atoms with Gasteiger partial charge in [-0.05, 0) is 45.9 Å². The van der Waals surface area contributed by atoms with Crippen molar-refractivity contribution >= 4 is 11.6 Å². The summed E-state index contributed by atoms with van der Waals surface area (Å²) in [6.07, 6.45) is 0.0595. The molecule has 0 fully saturated rings. The predicted molar refractivity (Wildman–Crippen MR) is 80.4 cm³/mol. The zero-order valence-electron chi connectivity index (χ0n) is 12.3. The van der Waals surface area contributed by atoms with Crippen molar-refractivity contribution in [3.05, 3.63) is 47.3 Å². The third-order valence-corrected chi connectivity index (χ3v) is 2.89. The number of benzene rings is 1. The number of H-pyrrole nitrogens is 1. The van der Waals surface area contributed by atoms with Gasteiger partial charge in [0.05, 0.1) is 17.4 Å². The van der Waals surface area contributed by atoms with E-state index < -0.39 is 0 Å². The summed E-state index contributed by atoms with van der Waals surface area (Å²) < 4.78 is 5.69. The number of carbonyl (C=O) groups is 1. The topological polar surface area (TPSA) is 54.1 Å². The van der Waals surface area contributed by atoms with E-state index in [9.17, 15) is 4.79 Å². The van der Waals surface area contributed by atoms with Crippen molar-refractivity contribution in [3.63, 3.8) is 0 Å². The van der Waals surface area contributed by atoms with Crippen LogP contribution in [-0.4, -0.2) is 17.0 Å². The molecule has 1 heterocycles. The Balaban J connectivity index is 2.22. The molecule has 0 spiro atoms. The first-order valence-electron chi connectivity index (χ1n) is 6.70. The lowest BCUT2D eigenvalue weighted by atomic mass is 10.2. The van der Waals surface area contributed by atoms with Crippen molar-refractivity contribution < 1.29 is 9.53 Å². The van der Waals surface area contributed by atoms with Gasteiger partial charge in [-0.25, -0.2) is 0 Å². The highest BCUT2D eigenvalue weighted by Crippen LogP contribution is 2.25. The molecule has 106 valence electrons. The second kappa shape index (κ2) is 5.82. The van der Waals surface area contributed by atoms with Crippen molar-refractivity contribution in [3.8, 4) is 5.75 Å². The molecule has 20 heavy (non-hydrogen) atoms. The van der Waals surface area contributed by atoms with Gasteiger partial charge in [-0.15, -0.1) is 0 Å². The molecule has 0 aliphatic rings. The van der Waals surface area contributed by atoms with Crippen molar-refractivity contribution in [1.29, 1.82) is 0 Å². The second-order valence-electron chi connectivity index (χ2n) is 5.11. The molecule has 1 aromatic heterocycles. The number of aryl methyl sites for hydroxylation is 2. The van der Waals surface area contributed by atoms with Crippen LogP contribution in [0.3, 0.4) is 0 Å². The van der Waals surface area contributed by atoms with Gasteiger partial charge in [0.1, 0.15) is 5.75 Å². The first-order chi connectivity index (χ1) is 9.47. The van der Waals surface area contributed by atoms with E-state index in [0.717, 1.165) is 11.4 Å². The second-order valence-corrected chi connectivity index (χ2v) is 5.11. The molecule has 0 saturated heterocycles. The van der Waals surface area contributed by atoms with Crippen LogP contribution in [0.4, 0.5) is 5.69 Å². The Morgan fingerprint density at radius 1 is 1.25 bits per heavy atom. The molecule has 0 bridgehead atoms. The molecule has 1 aromatic carbocycles. The molecule has 2 rings (SSSR count). The summed E-state index contributed by atoms with van der Waals surface area (Å²) in [5, 5.41) is 2.90. The van der Waals surface area contributed by atoms with E-state index in [1.54, 1.807) is 0 Å². The standard InChI is InChI=1S/C16H20N2O2/c1-10(2)20-15-8-6-5-7-14(15)18-16(19)13-9-11(3)17-12(13)4/h5-10,17H,1-4H3,(H,18,19). The summed E-state index contributed by atoms with van der Waals surface area (Å²) in [5.74, 6) is 0.549. The van der Waals surface area contributed by atoms with Gasteiger partial charge < -0.3 is 15.0 Å². The van der Waals surface area contributed by atoms with E-state index in [4.69, 9.17) is 4.74 Å². The Morgan fingerprint density at radius 3 is 2.55 bits per heavy atom. The largest absolute Gasteiger partial charge is 0.489 e. The first kappa shape index (κ1) is 14.2. The zero-order valence-corrected chi connectivity index (χ0v) is 12.3. The van der Waals surface area contributed by atoms with Crippen LogP contribution in [0.15, 0.2) is 30.3 Å². The smallest absolute Gasteiger partial charge is 0.257 e. The monoisotopic (exact) mass is 272 g/mol. The predicted octanol–water partition coefficient (Wildman–Crippen LogP) is 3.67. The molecule has 0 unspecified atom stereocenters. The maximum atomic E-state index is 12.3. The molecule has 4 heteroatoms. The molecule has 4 nitrogen and oxygen atoms in total. The van der Waals surface area contributed by atoms with Gasteiger partial charge in [-0.2, -0.15) is 0 Å². The summed E-state index contributed by atoms with van der Waals surface area (Å²) in [7, 11) is 0. The molecule has 0 saturated carbocycles. The number of hydrogen-bond acceptors (Lipinski definition) is 2. The minimum absolute atomic E-state index is 0.0595. The van der Waals surface area contributed by atoms with Gasteiger partial charge in [0.25, 0.3) is 5.91 Å². The summed E-state index contributed by atoms with van der Waals surface area (Å²) in [5.41, 5.74) is 3.17. The van der Waals surface area contributed by atoms with Gasteiger partial charge in [-0.3, -0.25) is 4.79 Å².